The number of urea groups is 1. The van der Waals surface area contributed by atoms with Gasteiger partial charge in [0, 0.05) is 42.0 Å². The van der Waals surface area contributed by atoms with Crippen LogP contribution in [0.4, 0.5) is 10.5 Å². The normalized spacial score (nSPS) is 10.6. The highest BCUT2D eigenvalue weighted by Gasteiger charge is 2.13. The summed E-state index contributed by atoms with van der Waals surface area (Å²) < 4.78 is 0. The summed E-state index contributed by atoms with van der Waals surface area (Å²) in [6, 6.07) is 7.62. The van der Waals surface area contributed by atoms with E-state index in [2.05, 4.69) is 17.2 Å². The maximum Gasteiger partial charge on any atom is 0.321 e. The number of hydrogen-bond acceptors (Lipinski definition) is 4. The molecular weight excluding hydrogens is 322 g/mol. The Morgan fingerprint density at radius 1 is 1.25 bits per heavy atom. The number of carbonyl (C=O) groups is 1. The first-order valence-corrected chi connectivity index (χ1v) is 9.21. The minimum atomic E-state index is -0.116. The van der Waals surface area contributed by atoms with Gasteiger partial charge in [0.1, 0.15) is 5.01 Å². The molecule has 0 saturated heterocycles. The van der Waals surface area contributed by atoms with Crippen LogP contribution >= 0.6 is 11.3 Å². The molecular formula is C18H25N3O2S. The number of nitrogens with zero attached hydrogens (tertiary/aromatic N) is 2. The predicted octanol–water partition coefficient (Wildman–Crippen LogP) is 4.13. The Kier molecular flexibility index (Phi) is 7.21. The van der Waals surface area contributed by atoms with Crippen molar-refractivity contribution in [2.45, 2.75) is 33.1 Å². The minimum Gasteiger partial charge on any atom is -0.396 e. The van der Waals surface area contributed by atoms with E-state index in [1.165, 1.54) is 0 Å². The molecule has 0 aliphatic carbocycles. The van der Waals surface area contributed by atoms with Gasteiger partial charge in [0.2, 0.25) is 0 Å². The van der Waals surface area contributed by atoms with Crippen molar-refractivity contribution >= 4 is 23.1 Å². The number of hydrogen-bond donors (Lipinski definition) is 2. The summed E-state index contributed by atoms with van der Waals surface area (Å²) >= 11 is 1.62. The lowest BCUT2D eigenvalue weighted by atomic mass is 10.2. The summed E-state index contributed by atoms with van der Waals surface area (Å²) in [6.45, 7) is 5.45. The Morgan fingerprint density at radius 2 is 1.96 bits per heavy atom. The van der Waals surface area contributed by atoms with E-state index in [-0.39, 0.29) is 12.6 Å². The van der Waals surface area contributed by atoms with Crippen molar-refractivity contribution in [3.63, 3.8) is 0 Å². The summed E-state index contributed by atoms with van der Waals surface area (Å²) in [5, 5.41) is 14.9. The monoisotopic (exact) mass is 347 g/mol. The quantitative estimate of drug-likeness (QED) is 0.754. The molecule has 1 aromatic carbocycles. The first-order valence-electron chi connectivity index (χ1n) is 8.33. The molecule has 0 aliphatic rings. The highest BCUT2D eigenvalue weighted by atomic mass is 32.1. The molecule has 0 unspecified atom stereocenters. The molecule has 6 heteroatoms. The lowest BCUT2D eigenvalue weighted by molar-refractivity contribution is 0.201. The Labute approximate surface area is 147 Å². The second-order valence-corrected chi connectivity index (χ2v) is 6.58. The third-order valence-corrected chi connectivity index (χ3v) is 4.67. The molecule has 0 saturated carbocycles. The molecule has 2 rings (SSSR count). The van der Waals surface area contributed by atoms with Crippen LogP contribution in [0, 0.1) is 6.92 Å². The van der Waals surface area contributed by atoms with Crippen LogP contribution in [-0.2, 0) is 0 Å². The van der Waals surface area contributed by atoms with Gasteiger partial charge in [-0.1, -0.05) is 13.3 Å². The van der Waals surface area contributed by atoms with Crippen molar-refractivity contribution in [3.05, 3.63) is 35.3 Å². The smallest absolute Gasteiger partial charge is 0.321 e. The number of aliphatic hydroxyl groups excluding tert-OH is 1. The Balaban J connectivity index is 1.98. The molecule has 0 fully saturated rings. The number of benzene rings is 1. The lowest BCUT2D eigenvalue weighted by Gasteiger charge is -2.22. The van der Waals surface area contributed by atoms with Gasteiger partial charge in [0.25, 0.3) is 0 Å². The van der Waals surface area contributed by atoms with Crippen molar-refractivity contribution in [1.29, 1.82) is 0 Å². The fourth-order valence-electron chi connectivity index (χ4n) is 2.31. The second kappa shape index (κ2) is 9.39. The van der Waals surface area contributed by atoms with Gasteiger partial charge < -0.3 is 15.3 Å². The van der Waals surface area contributed by atoms with Crippen molar-refractivity contribution in [2.75, 3.05) is 25.0 Å². The Hall–Kier alpha value is -1.92. The van der Waals surface area contributed by atoms with Crippen LogP contribution < -0.4 is 5.32 Å². The highest BCUT2D eigenvalue weighted by Crippen LogP contribution is 2.24. The molecule has 5 nitrogen and oxygen atoms in total. The zero-order valence-corrected chi connectivity index (χ0v) is 15.1. The van der Waals surface area contributed by atoms with E-state index in [9.17, 15) is 4.79 Å². The van der Waals surface area contributed by atoms with Gasteiger partial charge in [0.15, 0.2) is 0 Å². The number of aryl methyl sites for hydroxylation is 1. The van der Waals surface area contributed by atoms with Crippen molar-refractivity contribution in [3.8, 4) is 10.6 Å². The number of amides is 2. The SMILES string of the molecule is CCCCN(CCCO)C(=O)Nc1ccc(-c2nc(C)cs2)cc1. The number of anilines is 1. The summed E-state index contributed by atoms with van der Waals surface area (Å²) in [7, 11) is 0. The average molecular weight is 347 g/mol. The van der Waals surface area contributed by atoms with Crippen LogP contribution in [-0.4, -0.2) is 40.7 Å². The second-order valence-electron chi connectivity index (χ2n) is 5.72. The van der Waals surface area contributed by atoms with Crippen LogP contribution in [0.5, 0.6) is 0 Å². The summed E-state index contributed by atoms with van der Waals surface area (Å²) in [4.78, 5) is 18.6. The Morgan fingerprint density at radius 3 is 2.54 bits per heavy atom. The molecule has 2 amide bonds. The van der Waals surface area contributed by atoms with Gasteiger partial charge in [-0.25, -0.2) is 9.78 Å². The number of rotatable bonds is 8. The van der Waals surface area contributed by atoms with Gasteiger partial charge in [-0.05, 0) is 44.0 Å². The van der Waals surface area contributed by atoms with Crippen LogP contribution in [0.25, 0.3) is 10.6 Å². The molecule has 0 spiro atoms. The van der Waals surface area contributed by atoms with Crippen molar-refractivity contribution < 1.29 is 9.90 Å². The fourth-order valence-corrected chi connectivity index (χ4v) is 3.11. The van der Waals surface area contributed by atoms with Crippen LogP contribution in [0.2, 0.25) is 0 Å². The maximum absolute atomic E-state index is 12.4. The van der Waals surface area contributed by atoms with Gasteiger partial charge >= 0.3 is 6.03 Å². The van der Waals surface area contributed by atoms with E-state index >= 15 is 0 Å². The zero-order chi connectivity index (χ0) is 17.4. The summed E-state index contributed by atoms with van der Waals surface area (Å²) in [6.07, 6.45) is 2.59. The number of aliphatic hydroxyl groups is 1. The molecule has 0 atom stereocenters. The van der Waals surface area contributed by atoms with Crippen molar-refractivity contribution in [1.82, 2.24) is 9.88 Å². The van der Waals surface area contributed by atoms with E-state index in [1.54, 1.807) is 16.2 Å². The van der Waals surface area contributed by atoms with E-state index in [0.29, 0.717) is 19.5 Å². The fraction of sp³-hybridized carbons (Fsp3) is 0.444. The van der Waals surface area contributed by atoms with Gasteiger partial charge in [0.05, 0.1) is 0 Å². The van der Waals surface area contributed by atoms with Crippen LogP contribution in [0.3, 0.4) is 0 Å². The van der Waals surface area contributed by atoms with E-state index in [1.807, 2.05) is 36.6 Å². The highest BCUT2D eigenvalue weighted by molar-refractivity contribution is 7.13. The van der Waals surface area contributed by atoms with Gasteiger partial charge in [-0.15, -0.1) is 11.3 Å². The molecule has 0 bridgehead atoms. The third-order valence-electron chi connectivity index (χ3n) is 3.66. The van der Waals surface area contributed by atoms with E-state index in [0.717, 1.165) is 34.8 Å². The predicted molar refractivity (Wildman–Crippen MR) is 99.5 cm³/mol. The number of carbonyl (C=O) groups excluding carboxylic acids is 1. The number of nitrogens with one attached hydrogen (secondary N) is 1. The zero-order valence-electron chi connectivity index (χ0n) is 14.3. The van der Waals surface area contributed by atoms with Crippen molar-refractivity contribution in [2.24, 2.45) is 0 Å². The first-order chi connectivity index (χ1) is 11.6. The molecule has 2 aromatic rings. The molecule has 0 aliphatic heterocycles. The molecule has 2 N–H and O–H groups in total. The number of aromatic nitrogens is 1. The summed E-state index contributed by atoms with van der Waals surface area (Å²) in [5.74, 6) is 0. The average Bonchev–Trinajstić information content (AvgIpc) is 3.02. The molecule has 130 valence electrons. The Bertz CT molecular complexity index is 632. The van der Waals surface area contributed by atoms with E-state index < -0.39 is 0 Å². The standard InChI is InChI=1S/C18H25N3O2S/c1-3-4-10-21(11-5-12-22)18(23)20-16-8-6-15(7-9-16)17-19-14(2)13-24-17/h6-9,13,22H,3-5,10-12H2,1-2H3,(H,20,23). The van der Waals surface area contributed by atoms with Gasteiger partial charge in [-0.2, -0.15) is 0 Å². The topological polar surface area (TPSA) is 65.5 Å². The lowest BCUT2D eigenvalue weighted by Crippen LogP contribution is -2.36. The van der Waals surface area contributed by atoms with Crippen LogP contribution in [0.15, 0.2) is 29.6 Å². The first kappa shape index (κ1) is 18.4. The minimum absolute atomic E-state index is 0.0951. The molecule has 24 heavy (non-hydrogen) atoms. The maximum atomic E-state index is 12.4. The largest absolute Gasteiger partial charge is 0.396 e. The number of unbranched alkanes of at least 4 members (excludes halogenated alkanes) is 1. The molecule has 1 aromatic heterocycles. The van der Waals surface area contributed by atoms with Gasteiger partial charge in [-0.3, -0.25) is 0 Å². The van der Waals surface area contributed by atoms with Crippen LogP contribution in [0.1, 0.15) is 31.9 Å². The molecule has 1 heterocycles. The third kappa shape index (κ3) is 5.32. The van der Waals surface area contributed by atoms with E-state index in [4.69, 9.17) is 5.11 Å². The molecule has 0 radical (unpaired) electrons. The number of thiazole rings is 1. The summed E-state index contributed by atoms with van der Waals surface area (Å²) in [5.41, 5.74) is 2.83.